The molecule has 6 nitrogen and oxygen atoms in total. The van der Waals surface area contributed by atoms with E-state index >= 15 is 0 Å². The number of esters is 1. The summed E-state index contributed by atoms with van der Waals surface area (Å²) >= 11 is 0. The third kappa shape index (κ3) is 3.05. The first-order valence-electron chi connectivity index (χ1n) is 10.7. The first-order valence-corrected chi connectivity index (χ1v) is 12.3. The quantitative estimate of drug-likeness (QED) is 0.683. The highest BCUT2D eigenvalue weighted by Gasteiger charge is 2.58. The van der Waals surface area contributed by atoms with Crippen molar-refractivity contribution in [3.63, 3.8) is 0 Å². The number of nitrogens with zero attached hydrogens (tertiary/aromatic N) is 1. The van der Waals surface area contributed by atoms with E-state index in [0.29, 0.717) is 6.42 Å². The van der Waals surface area contributed by atoms with Crippen molar-refractivity contribution in [2.24, 2.45) is 5.92 Å². The van der Waals surface area contributed by atoms with Crippen LogP contribution >= 0.6 is 0 Å². The van der Waals surface area contributed by atoms with Crippen molar-refractivity contribution in [1.29, 1.82) is 0 Å². The molecule has 1 aliphatic carbocycles. The van der Waals surface area contributed by atoms with Gasteiger partial charge in [0.1, 0.15) is 11.8 Å². The second kappa shape index (κ2) is 7.57. The third-order valence-corrected chi connectivity index (χ3v) is 9.32. The Balaban J connectivity index is 1.70. The molecular formula is C24H25NO5S. The van der Waals surface area contributed by atoms with E-state index in [4.69, 9.17) is 4.74 Å². The van der Waals surface area contributed by atoms with Crippen LogP contribution in [0.15, 0.2) is 59.5 Å². The van der Waals surface area contributed by atoms with Crippen LogP contribution in [-0.2, 0) is 24.2 Å². The topological polar surface area (TPSA) is 80.8 Å². The van der Waals surface area contributed by atoms with Gasteiger partial charge in [-0.25, -0.2) is 13.2 Å². The normalized spacial score (nSPS) is 30.2. The summed E-state index contributed by atoms with van der Waals surface area (Å²) in [6.45, 7) is 0. The molecule has 2 fully saturated rings. The number of ether oxygens (including phenoxy) is 1. The zero-order valence-corrected chi connectivity index (χ0v) is 18.1. The molecule has 162 valence electrons. The number of Topliss-reactive ketones (excluding diaryl/α,β-unsaturated/α-hetero) is 1. The van der Waals surface area contributed by atoms with Crippen LogP contribution in [0, 0.1) is 5.92 Å². The SMILES string of the molecule is COC(=O)C1c2ccccc2C2C(S(=O)(=O)c3ccccc3)CC3C(=O)CCCC3N12. The molecule has 0 spiro atoms. The summed E-state index contributed by atoms with van der Waals surface area (Å²) in [5, 5.41) is -0.811. The molecule has 1 saturated carbocycles. The predicted octanol–water partition coefficient (Wildman–Crippen LogP) is 3.24. The summed E-state index contributed by atoms with van der Waals surface area (Å²) in [6.07, 6.45) is 2.27. The van der Waals surface area contributed by atoms with Gasteiger partial charge in [0.05, 0.1) is 23.3 Å². The molecule has 31 heavy (non-hydrogen) atoms. The molecule has 2 aromatic carbocycles. The number of hydrogen-bond acceptors (Lipinski definition) is 6. The van der Waals surface area contributed by atoms with Crippen LogP contribution in [0.2, 0.25) is 0 Å². The minimum atomic E-state index is -3.73. The second-order valence-electron chi connectivity index (χ2n) is 8.61. The lowest BCUT2D eigenvalue weighted by Gasteiger charge is -2.49. The molecule has 2 aliphatic heterocycles. The highest BCUT2D eigenvalue weighted by Crippen LogP contribution is 2.55. The van der Waals surface area contributed by atoms with Gasteiger partial charge in [-0.1, -0.05) is 42.5 Å². The average Bonchev–Trinajstić information content (AvgIpc) is 3.14. The number of carbonyl (C=O) groups excluding carboxylic acids is 2. The second-order valence-corrected chi connectivity index (χ2v) is 10.8. The molecule has 2 aromatic rings. The van der Waals surface area contributed by atoms with Crippen LogP contribution < -0.4 is 0 Å². The summed E-state index contributed by atoms with van der Waals surface area (Å²) in [4.78, 5) is 28.1. The maximum absolute atomic E-state index is 13.8. The van der Waals surface area contributed by atoms with Crippen molar-refractivity contribution in [3.05, 3.63) is 65.7 Å². The number of methoxy groups -OCH3 is 1. The molecule has 0 radical (unpaired) electrons. The fourth-order valence-corrected chi connectivity index (χ4v) is 7.83. The van der Waals surface area contributed by atoms with Gasteiger partial charge in [-0.05, 0) is 42.5 Å². The van der Waals surface area contributed by atoms with Gasteiger partial charge in [-0.2, -0.15) is 0 Å². The number of sulfone groups is 1. The van der Waals surface area contributed by atoms with Crippen LogP contribution in [0.5, 0.6) is 0 Å². The molecule has 1 saturated heterocycles. The minimum absolute atomic E-state index is 0.0996. The molecule has 5 unspecified atom stereocenters. The summed E-state index contributed by atoms with van der Waals surface area (Å²) in [7, 11) is -2.38. The van der Waals surface area contributed by atoms with Crippen molar-refractivity contribution in [2.45, 2.75) is 54.0 Å². The molecule has 3 aliphatic rings. The van der Waals surface area contributed by atoms with Crippen LogP contribution in [0.25, 0.3) is 0 Å². The molecular weight excluding hydrogens is 414 g/mol. The number of fused-ring (bicyclic) bond motifs is 5. The molecule has 7 heteroatoms. The Labute approximate surface area is 182 Å². The van der Waals surface area contributed by atoms with Gasteiger partial charge in [0.2, 0.25) is 0 Å². The van der Waals surface area contributed by atoms with E-state index in [-0.39, 0.29) is 23.1 Å². The average molecular weight is 440 g/mol. The van der Waals surface area contributed by atoms with E-state index in [9.17, 15) is 18.0 Å². The highest BCUT2D eigenvalue weighted by atomic mass is 32.2. The Hall–Kier alpha value is -2.51. The van der Waals surface area contributed by atoms with Crippen LogP contribution in [-0.4, -0.2) is 43.5 Å². The lowest BCUT2D eigenvalue weighted by molar-refractivity contribution is -0.153. The number of rotatable bonds is 3. The van der Waals surface area contributed by atoms with E-state index in [1.54, 1.807) is 30.3 Å². The zero-order valence-electron chi connectivity index (χ0n) is 17.3. The van der Waals surface area contributed by atoms with Crippen molar-refractivity contribution in [2.75, 3.05) is 7.11 Å². The number of carbonyl (C=O) groups is 2. The van der Waals surface area contributed by atoms with Gasteiger partial charge >= 0.3 is 5.97 Å². The van der Waals surface area contributed by atoms with Gasteiger partial charge in [0.15, 0.2) is 9.84 Å². The number of benzene rings is 2. The van der Waals surface area contributed by atoms with Crippen molar-refractivity contribution in [3.8, 4) is 0 Å². The standard InChI is InChI=1S/C24H25NO5S/c1-30-24(27)23-17-11-6-5-10-16(17)22-21(31(28,29)15-8-3-2-4-9-15)14-18-19(25(22)23)12-7-13-20(18)26/h2-6,8-11,18-19,21-23H,7,12-14H2,1H3. The molecule has 5 rings (SSSR count). The molecule has 5 atom stereocenters. The molecule has 0 aromatic heterocycles. The summed E-state index contributed by atoms with van der Waals surface area (Å²) < 4.78 is 32.8. The first kappa shape index (κ1) is 20.4. The van der Waals surface area contributed by atoms with E-state index < -0.39 is 39.1 Å². The maximum atomic E-state index is 13.8. The molecule has 0 N–H and O–H groups in total. The minimum Gasteiger partial charge on any atom is -0.468 e. The van der Waals surface area contributed by atoms with E-state index in [2.05, 4.69) is 0 Å². The van der Waals surface area contributed by atoms with Crippen molar-refractivity contribution < 1.29 is 22.7 Å². The number of ketones is 1. The van der Waals surface area contributed by atoms with Gasteiger partial charge in [0.25, 0.3) is 0 Å². The Morgan fingerprint density at radius 3 is 2.42 bits per heavy atom. The van der Waals surface area contributed by atoms with Gasteiger partial charge in [0, 0.05) is 18.4 Å². The summed E-state index contributed by atoms with van der Waals surface area (Å²) in [5.41, 5.74) is 1.63. The molecule has 0 amide bonds. The van der Waals surface area contributed by atoms with Gasteiger partial charge < -0.3 is 4.74 Å². The predicted molar refractivity (Wildman–Crippen MR) is 114 cm³/mol. The fraction of sp³-hybridized carbons (Fsp3) is 0.417. The Bertz CT molecular complexity index is 1130. The monoisotopic (exact) mass is 439 g/mol. The van der Waals surface area contributed by atoms with Crippen molar-refractivity contribution >= 4 is 21.6 Å². The third-order valence-electron chi connectivity index (χ3n) is 7.15. The van der Waals surface area contributed by atoms with Crippen LogP contribution in [0.3, 0.4) is 0 Å². The number of hydrogen-bond donors (Lipinski definition) is 0. The summed E-state index contributed by atoms with van der Waals surface area (Å²) in [5.74, 6) is -0.707. The zero-order chi connectivity index (χ0) is 21.8. The lowest BCUT2D eigenvalue weighted by Crippen LogP contribution is -2.57. The lowest BCUT2D eigenvalue weighted by atomic mass is 9.75. The van der Waals surface area contributed by atoms with E-state index in [1.165, 1.54) is 7.11 Å². The first-order chi connectivity index (χ1) is 14.9. The molecule has 0 bridgehead atoms. The Morgan fingerprint density at radius 1 is 1.03 bits per heavy atom. The van der Waals surface area contributed by atoms with Gasteiger partial charge in [-0.3, -0.25) is 9.69 Å². The van der Waals surface area contributed by atoms with Crippen LogP contribution in [0.4, 0.5) is 0 Å². The Kier molecular flexibility index (Phi) is 4.98. The van der Waals surface area contributed by atoms with Crippen LogP contribution in [0.1, 0.15) is 48.9 Å². The smallest absolute Gasteiger partial charge is 0.327 e. The summed E-state index contributed by atoms with van der Waals surface area (Å²) in [6, 6.07) is 14.6. The largest absolute Gasteiger partial charge is 0.468 e. The Morgan fingerprint density at radius 2 is 1.71 bits per heavy atom. The van der Waals surface area contributed by atoms with Gasteiger partial charge in [-0.15, -0.1) is 0 Å². The van der Waals surface area contributed by atoms with E-state index in [0.717, 1.165) is 24.0 Å². The highest BCUT2D eigenvalue weighted by molar-refractivity contribution is 7.92. The molecule has 2 heterocycles. The van der Waals surface area contributed by atoms with Crippen molar-refractivity contribution in [1.82, 2.24) is 4.90 Å². The fourth-order valence-electron chi connectivity index (χ4n) is 5.85. The number of piperidine rings is 1. The maximum Gasteiger partial charge on any atom is 0.327 e. The van der Waals surface area contributed by atoms with E-state index in [1.807, 2.05) is 29.2 Å².